The molecule has 1 atom stereocenters. The van der Waals surface area contributed by atoms with E-state index in [-0.39, 0.29) is 11.3 Å². The van der Waals surface area contributed by atoms with Gasteiger partial charge in [0.1, 0.15) is 34.4 Å². The zero-order chi connectivity index (χ0) is 36.7. The van der Waals surface area contributed by atoms with Crippen LogP contribution in [0, 0.1) is 0 Å². The maximum Gasteiger partial charge on any atom is 0.425 e. The van der Waals surface area contributed by atoms with Crippen LogP contribution in [-0.4, -0.2) is 65.5 Å². The minimum absolute atomic E-state index is 0.159. The first-order valence-electron chi connectivity index (χ1n) is 15.1. The highest BCUT2D eigenvalue weighted by Crippen LogP contribution is 2.21. The fourth-order valence-corrected chi connectivity index (χ4v) is 4.85. The lowest BCUT2D eigenvalue weighted by Gasteiger charge is -2.28. The third-order valence-electron chi connectivity index (χ3n) is 5.52. The molecule has 0 aliphatic rings. The highest BCUT2D eigenvalue weighted by Gasteiger charge is 2.35. The Morgan fingerprint density at radius 3 is 1.81 bits per heavy atom. The summed E-state index contributed by atoms with van der Waals surface area (Å²) in [6, 6.07) is 10.7. The zero-order valence-electron chi connectivity index (χ0n) is 29.3. The van der Waals surface area contributed by atoms with Gasteiger partial charge in [-0.3, -0.25) is 10.1 Å². The third kappa shape index (κ3) is 14.1. The summed E-state index contributed by atoms with van der Waals surface area (Å²) in [5.74, 6) is -1.04. The topological polar surface area (TPSA) is 179 Å². The first-order valence-corrected chi connectivity index (χ1v) is 16.5. The second-order valence-corrected chi connectivity index (χ2v) is 15.4. The number of nitrogens with one attached hydrogen (secondary N) is 2. The molecule has 2 aromatic rings. The minimum atomic E-state index is -4.60. The van der Waals surface area contributed by atoms with Crippen LogP contribution in [0.5, 0.6) is 5.75 Å². The quantitative estimate of drug-likeness (QED) is 0.108. The van der Waals surface area contributed by atoms with Crippen molar-refractivity contribution >= 4 is 45.9 Å². The summed E-state index contributed by atoms with van der Waals surface area (Å²) in [6.45, 7) is 17.4. The molecule has 2 amide bonds. The van der Waals surface area contributed by atoms with Crippen molar-refractivity contribution in [3.05, 3.63) is 59.7 Å². The van der Waals surface area contributed by atoms with E-state index in [0.717, 1.165) is 0 Å². The van der Waals surface area contributed by atoms with Gasteiger partial charge in [-0.05, 0) is 118 Å². The fourth-order valence-electron chi connectivity index (χ4n) is 3.63. The number of ether oxygens (including phenoxy) is 4. The standard InChI is InChI=1S/C33H46N4O10S/c1-21(27(38)45-31(3,4)5)36-48(42,43)37(30(41)47-33(9,10)11)20-23-12-18-26(19-13-23)44-28(39)24-14-16-25(17-15-24)34-22(2)35-29(40)46-32(6,7)8/h12-19,21,36H,20H2,1-11H3,(H,34,35,40)/t21-/m0/s1. The van der Waals surface area contributed by atoms with Crippen LogP contribution in [-0.2, 0) is 35.8 Å². The molecule has 0 unspecified atom stereocenters. The Labute approximate surface area is 282 Å². The smallest absolute Gasteiger partial charge is 0.425 e. The lowest BCUT2D eigenvalue weighted by Crippen LogP contribution is -2.51. The van der Waals surface area contributed by atoms with Gasteiger partial charge in [0.05, 0.1) is 17.8 Å². The molecule has 2 N–H and O–H groups in total. The summed E-state index contributed by atoms with van der Waals surface area (Å²) < 4.78 is 50.4. The van der Waals surface area contributed by atoms with Crippen LogP contribution in [0.15, 0.2) is 53.5 Å². The highest BCUT2D eigenvalue weighted by molar-refractivity contribution is 7.87. The lowest BCUT2D eigenvalue weighted by molar-refractivity contribution is -0.156. The molecule has 264 valence electrons. The summed E-state index contributed by atoms with van der Waals surface area (Å²) >= 11 is 0. The molecule has 0 saturated carbocycles. The van der Waals surface area contributed by atoms with Gasteiger partial charge in [0.25, 0.3) is 0 Å². The molecule has 0 fully saturated rings. The van der Waals surface area contributed by atoms with Gasteiger partial charge in [-0.15, -0.1) is 0 Å². The number of carbonyl (C=O) groups excluding carboxylic acids is 4. The van der Waals surface area contributed by atoms with Crippen molar-refractivity contribution in [3.8, 4) is 5.75 Å². The normalized spacial score (nSPS) is 13.2. The molecule has 0 aliphatic carbocycles. The first kappa shape index (κ1) is 39.7. The molecule has 14 nitrogen and oxygen atoms in total. The molecule has 48 heavy (non-hydrogen) atoms. The predicted octanol–water partition coefficient (Wildman–Crippen LogP) is 5.78. The summed E-state index contributed by atoms with van der Waals surface area (Å²) in [5, 5.41) is 2.53. The minimum Gasteiger partial charge on any atom is -0.459 e. The zero-order valence-corrected chi connectivity index (χ0v) is 30.1. The number of aliphatic imine (C=N–C) groups is 1. The summed E-state index contributed by atoms with van der Waals surface area (Å²) in [4.78, 5) is 54.4. The third-order valence-corrected chi connectivity index (χ3v) is 7.02. The predicted molar refractivity (Wildman–Crippen MR) is 179 cm³/mol. The number of amidine groups is 1. The number of hydrogen-bond acceptors (Lipinski definition) is 11. The van der Waals surface area contributed by atoms with Crippen molar-refractivity contribution in [2.24, 2.45) is 4.99 Å². The summed E-state index contributed by atoms with van der Waals surface area (Å²) in [6.07, 6.45) is -1.80. The molecule has 0 saturated heterocycles. The summed E-state index contributed by atoms with van der Waals surface area (Å²) in [7, 11) is -4.60. The monoisotopic (exact) mass is 690 g/mol. The van der Waals surface area contributed by atoms with Crippen LogP contribution in [0.25, 0.3) is 0 Å². The number of amides is 2. The van der Waals surface area contributed by atoms with E-state index < -0.39 is 63.7 Å². The summed E-state index contributed by atoms with van der Waals surface area (Å²) in [5.41, 5.74) is -1.47. The highest BCUT2D eigenvalue weighted by atomic mass is 32.2. The molecular weight excluding hydrogens is 644 g/mol. The molecule has 0 spiro atoms. The molecule has 15 heteroatoms. The van der Waals surface area contributed by atoms with E-state index in [1.54, 1.807) is 81.4 Å². The van der Waals surface area contributed by atoms with Crippen molar-refractivity contribution in [2.45, 2.75) is 106 Å². The van der Waals surface area contributed by atoms with Crippen LogP contribution in [0.4, 0.5) is 15.3 Å². The maximum absolute atomic E-state index is 13.3. The Morgan fingerprint density at radius 2 is 1.31 bits per heavy atom. The van der Waals surface area contributed by atoms with E-state index in [9.17, 15) is 27.6 Å². The Balaban J connectivity index is 2.15. The number of esters is 2. The fraction of sp³-hybridized carbons (Fsp3) is 0.485. The molecule has 0 radical (unpaired) electrons. The van der Waals surface area contributed by atoms with Gasteiger partial charge in [0.2, 0.25) is 0 Å². The molecule has 2 aromatic carbocycles. The van der Waals surface area contributed by atoms with Crippen molar-refractivity contribution in [3.63, 3.8) is 0 Å². The number of hydrogen-bond donors (Lipinski definition) is 2. The van der Waals surface area contributed by atoms with Crippen LogP contribution in [0.1, 0.15) is 92.1 Å². The number of alkyl carbamates (subject to hydrolysis) is 1. The Bertz CT molecular complexity index is 1600. The van der Waals surface area contributed by atoms with Gasteiger partial charge in [0.15, 0.2) is 0 Å². The van der Waals surface area contributed by atoms with Gasteiger partial charge < -0.3 is 18.9 Å². The van der Waals surface area contributed by atoms with Crippen molar-refractivity contribution in [2.75, 3.05) is 0 Å². The Morgan fingerprint density at radius 1 is 0.792 bits per heavy atom. The van der Waals surface area contributed by atoms with E-state index >= 15 is 0 Å². The van der Waals surface area contributed by atoms with Crippen molar-refractivity contribution < 1.29 is 46.5 Å². The van der Waals surface area contributed by atoms with Gasteiger partial charge in [0, 0.05) is 0 Å². The van der Waals surface area contributed by atoms with Gasteiger partial charge in [-0.1, -0.05) is 12.1 Å². The van der Waals surface area contributed by atoms with Gasteiger partial charge in [-0.25, -0.2) is 19.4 Å². The molecule has 0 heterocycles. The van der Waals surface area contributed by atoms with Crippen LogP contribution in [0.2, 0.25) is 0 Å². The first-order chi connectivity index (χ1) is 21.8. The van der Waals surface area contributed by atoms with Crippen LogP contribution >= 0.6 is 0 Å². The second kappa shape index (κ2) is 15.6. The number of nitrogens with zero attached hydrogens (tertiary/aromatic N) is 2. The van der Waals surface area contributed by atoms with Crippen LogP contribution < -0.4 is 14.8 Å². The Hall–Kier alpha value is -4.50. The SMILES string of the molecule is CC(=Nc1ccc(C(=O)Oc2ccc(CN(C(=O)OC(C)(C)C)S(=O)(=O)N[C@@H](C)C(=O)OC(C)(C)C)cc2)cc1)NC(=O)OC(C)(C)C. The lowest BCUT2D eigenvalue weighted by atomic mass is 10.2. The van der Waals surface area contributed by atoms with Crippen molar-refractivity contribution in [1.29, 1.82) is 0 Å². The van der Waals surface area contributed by atoms with Gasteiger partial charge >= 0.3 is 34.3 Å². The average Bonchev–Trinajstić information content (AvgIpc) is 2.89. The van der Waals surface area contributed by atoms with E-state index in [0.29, 0.717) is 21.4 Å². The molecule has 0 aromatic heterocycles. The largest absolute Gasteiger partial charge is 0.459 e. The van der Waals surface area contributed by atoms with Crippen molar-refractivity contribution in [1.82, 2.24) is 14.3 Å². The molecular formula is C33H46N4O10S. The number of benzene rings is 2. The number of carbonyl (C=O) groups is 4. The molecule has 0 bridgehead atoms. The van der Waals surface area contributed by atoms with E-state index in [4.69, 9.17) is 18.9 Å². The van der Waals surface area contributed by atoms with Gasteiger partial charge in [-0.2, -0.15) is 17.4 Å². The average molecular weight is 691 g/mol. The van der Waals surface area contributed by atoms with E-state index in [1.807, 2.05) is 0 Å². The molecule has 0 aliphatic heterocycles. The second-order valence-electron chi connectivity index (χ2n) is 13.8. The van der Waals surface area contributed by atoms with Crippen LogP contribution in [0.3, 0.4) is 0 Å². The number of rotatable bonds is 9. The van der Waals surface area contributed by atoms with E-state index in [2.05, 4.69) is 15.0 Å². The Kier molecular flexibility index (Phi) is 12.9. The molecule has 2 rings (SSSR count). The van der Waals surface area contributed by atoms with E-state index in [1.165, 1.54) is 43.3 Å². The maximum atomic E-state index is 13.3.